The first-order valence-corrected chi connectivity index (χ1v) is 10.1. The van der Waals surface area contributed by atoms with Crippen LogP contribution in [0.3, 0.4) is 0 Å². The van der Waals surface area contributed by atoms with Gasteiger partial charge in [-0.3, -0.25) is 9.36 Å². The van der Waals surface area contributed by atoms with Gasteiger partial charge in [0.15, 0.2) is 10.9 Å². The molecule has 3 aromatic heterocycles. The Morgan fingerprint density at radius 1 is 1.26 bits per heavy atom. The van der Waals surface area contributed by atoms with E-state index < -0.39 is 0 Å². The van der Waals surface area contributed by atoms with Crippen molar-refractivity contribution in [1.82, 2.24) is 19.7 Å². The van der Waals surface area contributed by atoms with Crippen LogP contribution >= 0.6 is 11.8 Å². The molecule has 142 valence electrons. The highest BCUT2D eigenvalue weighted by atomic mass is 32.2. The molecule has 27 heavy (non-hydrogen) atoms. The molecule has 7 nitrogen and oxygen atoms in total. The van der Waals surface area contributed by atoms with E-state index in [4.69, 9.17) is 8.83 Å². The normalized spacial score (nSPS) is 17.4. The Labute approximate surface area is 161 Å². The Balaban J connectivity index is 1.51. The molecule has 0 spiro atoms. The molecule has 4 heterocycles. The number of aromatic nitrogens is 3. The van der Waals surface area contributed by atoms with Crippen LogP contribution in [0.5, 0.6) is 0 Å². The minimum Gasteiger partial charge on any atom is -0.467 e. The number of hydrogen-bond donors (Lipinski definition) is 0. The average Bonchev–Trinajstić information content (AvgIpc) is 3.42. The van der Waals surface area contributed by atoms with Gasteiger partial charge in [0, 0.05) is 13.1 Å². The number of carbonyl (C=O) groups is 1. The van der Waals surface area contributed by atoms with Gasteiger partial charge in [-0.05, 0) is 43.0 Å². The van der Waals surface area contributed by atoms with Gasteiger partial charge in [-0.15, -0.1) is 10.2 Å². The van der Waals surface area contributed by atoms with Gasteiger partial charge >= 0.3 is 0 Å². The van der Waals surface area contributed by atoms with Gasteiger partial charge in [0.25, 0.3) is 0 Å². The van der Waals surface area contributed by atoms with E-state index in [1.165, 1.54) is 18.2 Å². The van der Waals surface area contributed by atoms with E-state index in [2.05, 4.69) is 17.1 Å². The second-order valence-electron chi connectivity index (χ2n) is 6.82. The molecule has 1 fully saturated rings. The van der Waals surface area contributed by atoms with Gasteiger partial charge in [0.2, 0.25) is 11.7 Å². The summed E-state index contributed by atoms with van der Waals surface area (Å²) in [5.41, 5.74) is 0. The first-order valence-electron chi connectivity index (χ1n) is 9.10. The van der Waals surface area contributed by atoms with Gasteiger partial charge in [0.05, 0.1) is 24.8 Å². The molecule has 0 aliphatic carbocycles. The third-order valence-electron chi connectivity index (χ3n) is 4.69. The number of amides is 1. The maximum absolute atomic E-state index is 12.6. The zero-order chi connectivity index (χ0) is 18.6. The third-order valence-corrected chi connectivity index (χ3v) is 5.64. The Morgan fingerprint density at radius 2 is 2.11 bits per heavy atom. The number of nitrogens with zero attached hydrogens (tertiary/aromatic N) is 4. The number of hydrogen-bond acceptors (Lipinski definition) is 6. The molecule has 0 N–H and O–H groups in total. The van der Waals surface area contributed by atoms with Gasteiger partial charge in [-0.2, -0.15) is 0 Å². The van der Waals surface area contributed by atoms with Crippen LogP contribution in [-0.2, 0) is 11.3 Å². The van der Waals surface area contributed by atoms with E-state index in [1.807, 2.05) is 33.7 Å². The van der Waals surface area contributed by atoms with Gasteiger partial charge in [0.1, 0.15) is 5.76 Å². The lowest BCUT2D eigenvalue weighted by Gasteiger charge is -2.30. The molecule has 0 bridgehead atoms. The van der Waals surface area contributed by atoms with E-state index in [9.17, 15) is 4.79 Å². The second kappa shape index (κ2) is 8.04. The predicted octanol–water partition coefficient (Wildman–Crippen LogP) is 3.53. The molecule has 1 aliphatic heterocycles. The van der Waals surface area contributed by atoms with Crippen LogP contribution in [0.1, 0.15) is 25.5 Å². The molecule has 1 amide bonds. The monoisotopic (exact) mass is 386 g/mol. The topological polar surface area (TPSA) is 77.3 Å². The zero-order valence-electron chi connectivity index (χ0n) is 15.2. The molecule has 8 heteroatoms. The maximum atomic E-state index is 12.6. The summed E-state index contributed by atoms with van der Waals surface area (Å²) in [5, 5.41) is 9.24. The number of piperidine rings is 1. The summed E-state index contributed by atoms with van der Waals surface area (Å²) in [6.07, 6.45) is 5.52. The number of likely N-dealkylation sites (tertiary alicyclic amines) is 1. The van der Waals surface area contributed by atoms with Crippen LogP contribution in [0, 0.1) is 5.92 Å². The lowest BCUT2D eigenvalue weighted by atomic mass is 10.0. The van der Waals surface area contributed by atoms with Crippen molar-refractivity contribution in [3.8, 4) is 11.6 Å². The van der Waals surface area contributed by atoms with Crippen LogP contribution < -0.4 is 0 Å². The first kappa shape index (κ1) is 17.9. The Morgan fingerprint density at radius 3 is 2.85 bits per heavy atom. The summed E-state index contributed by atoms with van der Waals surface area (Å²) in [7, 11) is 0. The third kappa shape index (κ3) is 4.10. The summed E-state index contributed by atoms with van der Waals surface area (Å²) < 4.78 is 12.9. The summed E-state index contributed by atoms with van der Waals surface area (Å²) >= 11 is 1.40. The molecule has 1 unspecified atom stereocenters. The van der Waals surface area contributed by atoms with E-state index in [1.54, 1.807) is 12.5 Å². The molecular formula is C19H22N4O3S. The summed E-state index contributed by atoms with van der Waals surface area (Å²) in [4.78, 5) is 14.6. The fraction of sp³-hybridized carbons (Fsp3) is 0.421. The van der Waals surface area contributed by atoms with Crippen molar-refractivity contribution in [2.24, 2.45) is 5.92 Å². The molecule has 1 saturated heterocycles. The fourth-order valence-electron chi connectivity index (χ4n) is 3.32. The van der Waals surface area contributed by atoms with E-state index >= 15 is 0 Å². The standard InChI is InChI=1S/C19H22N4O3S/c1-14-5-2-8-22(11-14)17(24)13-27-19-21-20-18(16-7-4-10-26-16)23(19)12-15-6-3-9-25-15/h3-4,6-7,9-10,14H,2,5,8,11-13H2,1H3. The summed E-state index contributed by atoms with van der Waals surface area (Å²) in [5.74, 6) is 3.12. The Kier molecular flexibility index (Phi) is 5.33. The van der Waals surface area contributed by atoms with Gasteiger partial charge in [-0.25, -0.2) is 0 Å². The number of furan rings is 2. The lowest BCUT2D eigenvalue weighted by molar-refractivity contribution is -0.130. The van der Waals surface area contributed by atoms with Crippen LogP contribution in [0.2, 0.25) is 0 Å². The minimum atomic E-state index is 0.152. The molecule has 1 aliphatic rings. The smallest absolute Gasteiger partial charge is 0.233 e. The molecule has 0 saturated carbocycles. The molecule has 0 radical (unpaired) electrons. The lowest BCUT2D eigenvalue weighted by Crippen LogP contribution is -2.40. The number of carbonyl (C=O) groups excluding carboxylic acids is 1. The predicted molar refractivity (Wildman–Crippen MR) is 101 cm³/mol. The van der Waals surface area contributed by atoms with Crippen LogP contribution in [0.4, 0.5) is 0 Å². The van der Waals surface area contributed by atoms with Crippen molar-refractivity contribution < 1.29 is 13.6 Å². The van der Waals surface area contributed by atoms with Crippen molar-refractivity contribution in [3.63, 3.8) is 0 Å². The second-order valence-corrected chi connectivity index (χ2v) is 7.77. The molecule has 3 aromatic rings. The highest BCUT2D eigenvalue weighted by Crippen LogP contribution is 2.26. The molecule has 4 rings (SSSR count). The van der Waals surface area contributed by atoms with E-state index in [0.29, 0.717) is 35.0 Å². The number of rotatable bonds is 6. The highest BCUT2D eigenvalue weighted by molar-refractivity contribution is 7.99. The van der Waals surface area contributed by atoms with Gasteiger partial charge < -0.3 is 13.7 Å². The average molecular weight is 386 g/mol. The van der Waals surface area contributed by atoms with Crippen molar-refractivity contribution in [2.45, 2.75) is 31.5 Å². The van der Waals surface area contributed by atoms with Crippen LogP contribution in [0.25, 0.3) is 11.6 Å². The molecular weight excluding hydrogens is 364 g/mol. The molecule has 0 aromatic carbocycles. The SMILES string of the molecule is CC1CCCN(C(=O)CSc2nnc(-c3ccco3)n2Cc2ccco2)C1. The number of thioether (sulfide) groups is 1. The maximum Gasteiger partial charge on any atom is 0.233 e. The summed E-state index contributed by atoms with van der Waals surface area (Å²) in [6.45, 7) is 4.37. The largest absolute Gasteiger partial charge is 0.467 e. The first-order chi connectivity index (χ1) is 13.2. The van der Waals surface area contributed by atoms with Crippen LogP contribution in [-0.4, -0.2) is 44.4 Å². The van der Waals surface area contributed by atoms with Crippen molar-refractivity contribution >= 4 is 17.7 Å². The van der Waals surface area contributed by atoms with E-state index in [-0.39, 0.29) is 5.91 Å². The quantitative estimate of drug-likeness (QED) is 0.603. The van der Waals surface area contributed by atoms with Crippen molar-refractivity contribution in [3.05, 3.63) is 42.6 Å². The zero-order valence-corrected chi connectivity index (χ0v) is 16.0. The molecule has 1 atom stereocenters. The Hall–Kier alpha value is -2.48. The van der Waals surface area contributed by atoms with Crippen molar-refractivity contribution in [1.29, 1.82) is 0 Å². The van der Waals surface area contributed by atoms with Crippen molar-refractivity contribution in [2.75, 3.05) is 18.8 Å². The highest BCUT2D eigenvalue weighted by Gasteiger charge is 2.23. The fourth-order valence-corrected chi connectivity index (χ4v) is 4.16. The van der Waals surface area contributed by atoms with Crippen LogP contribution in [0.15, 0.2) is 50.8 Å². The van der Waals surface area contributed by atoms with E-state index in [0.717, 1.165) is 25.3 Å². The summed E-state index contributed by atoms with van der Waals surface area (Å²) in [6, 6.07) is 7.41. The minimum absolute atomic E-state index is 0.152. The van der Waals surface area contributed by atoms with Gasteiger partial charge in [-0.1, -0.05) is 18.7 Å². The Bertz CT molecular complexity index is 873.